The van der Waals surface area contributed by atoms with E-state index < -0.39 is 0 Å². The number of benzene rings is 1. The highest BCUT2D eigenvalue weighted by Gasteiger charge is 2.01. The monoisotopic (exact) mass is 256 g/mol. The van der Waals surface area contributed by atoms with Gasteiger partial charge in [0.2, 0.25) is 0 Å². The minimum Gasteiger partial charge on any atom is -0.379 e. The maximum absolute atomic E-state index is 3.49. The van der Waals surface area contributed by atoms with Crippen LogP contribution in [0, 0.1) is 0 Å². The van der Waals surface area contributed by atoms with Crippen molar-refractivity contribution < 1.29 is 0 Å². The first-order valence-electron chi connectivity index (χ1n) is 7.18. The molecule has 0 saturated carbocycles. The molecule has 2 rings (SSSR count). The number of rotatable bonds is 6. The van der Waals surface area contributed by atoms with Gasteiger partial charge >= 0.3 is 0 Å². The molecule has 0 fully saturated rings. The summed E-state index contributed by atoms with van der Waals surface area (Å²) in [6.07, 6.45) is 3.33. The molecule has 1 aromatic carbocycles. The zero-order valence-corrected chi connectivity index (χ0v) is 12.2. The Morgan fingerprint density at radius 3 is 2.47 bits per heavy atom. The van der Waals surface area contributed by atoms with Gasteiger partial charge in [0.1, 0.15) is 0 Å². The first-order valence-corrected chi connectivity index (χ1v) is 7.18. The molecule has 0 saturated heterocycles. The Bertz CT molecular complexity index is 494. The van der Waals surface area contributed by atoms with E-state index in [1.165, 1.54) is 23.4 Å². The summed E-state index contributed by atoms with van der Waals surface area (Å²) in [5.41, 5.74) is 3.92. The Balaban J connectivity index is 1.96. The number of nitrogens with one attached hydrogen (secondary N) is 1. The highest BCUT2D eigenvalue weighted by atomic mass is 15.0. The van der Waals surface area contributed by atoms with Crippen LogP contribution in [0.3, 0.4) is 0 Å². The molecule has 0 atom stereocenters. The molecule has 1 N–H and O–H groups in total. The lowest BCUT2D eigenvalue weighted by Crippen LogP contribution is -2.06. The zero-order valence-electron chi connectivity index (χ0n) is 12.2. The number of anilines is 1. The van der Waals surface area contributed by atoms with E-state index >= 15 is 0 Å². The molecule has 19 heavy (non-hydrogen) atoms. The van der Waals surface area contributed by atoms with Crippen molar-refractivity contribution in [3.63, 3.8) is 0 Å². The van der Waals surface area contributed by atoms with Crippen molar-refractivity contribution in [2.24, 2.45) is 0 Å². The van der Waals surface area contributed by atoms with E-state index in [0.717, 1.165) is 13.1 Å². The quantitative estimate of drug-likeness (QED) is 0.797. The van der Waals surface area contributed by atoms with Crippen LogP contribution in [0.5, 0.6) is 0 Å². The van der Waals surface area contributed by atoms with E-state index in [2.05, 4.69) is 73.3 Å². The van der Waals surface area contributed by atoms with Crippen molar-refractivity contribution in [2.75, 3.05) is 5.32 Å². The van der Waals surface area contributed by atoms with Gasteiger partial charge in [-0.15, -0.1) is 0 Å². The van der Waals surface area contributed by atoms with Gasteiger partial charge in [-0.1, -0.05) is 32.9 Å². The second kappa shape index (κ2) is 6.46. The van der Waals surface area contributed by atoms with Gasteiger partial charge in [0.25, 0.3) is 0 Å². The predicted octanol–water partition coefficient (Wildman–Crippen LogP) is 4.63. The van der Waals surface area contributed by atoms with Gasteiger partial charge in [0, 0.05) is 24.1 Å². The van der Waals surface area contributed by atoms with Gasteiger partial charge in [0.05, 0.1) is 6.54 Å². The van der Waals surface area contributed by atoms with Crippen LogP contribution in [0.2, 0.25) is 0 Å². The predicted molar refractivity (Wildman–Crippen MR) is 82.6 cm³/mol. The van der Waals surface area contributed by atoms with Crippen molar-refractivity contribution >= 4 is 5.69 Å². The Labute approximate surface area is 116 Å². The molecule has 0 spiro atoms. The minimum atomic E-state index is 0.593. The number of hydrogen-bond donors (Lipinski definition) is 1. The average Bonchev–Trinajstić information content (AvgIpc) is 2.85. The molecule has 1 heterocycles. The highest BCUT2D eigenvalue weighted by molar-refractivity contribution is 5.45. The van der Waals surface area contributed by atoms with Crippen LogP contribution in [0.1, 0.15) is 44.4 Å². The average molecular weight is 256 g/mol. The Hall–Kier alpha value is -1.70. The Morgan fingerprint density at radius 2 is 1.84 bits per heavy atom. The molecule has 2 heteroatoms. The van der Waals surface area contributed by atoms with Gasteiger partial charge in [-0.2, -0.15) is 0 Å². The summed E-state index contributed by atoms with van der Waals surface area (Å²) in [6.45, 7) is 8.63. The zero-order chi connectivity index (χ0) is 13.7. The summed E-state index contributed by atoms with van der Waals surface area (Å²) >= 11 is 0. The lowest BCUT2D eigenvalue weighted by molar-refractivity contribution is 0.654. The second-order valence-electron chi connectivity index (χ2n) is 5.32. The molecular formula is C17H24N2. The molecular weight excluding hydrogens is 232 g/mol. The van der Waals surface area contributed by atoms with E-state index in [1.807, 2.05) is 0 Å². The van der Waals surface area contributed by atoms with E-state index in [9.17, 15) is 0 Å². The lowest BCUT2D eigenvalue weighted by Gasteiger charge is -2.11. The van der Waals surface area contributed by atoms with Gasteiger partial charge in [-0.25, -0.2) is 0 Å². The highest BCUT2D eigenvalue weighted by Crippen LogP contribution is 2.17. The van der Waals surface area contributed by atoms with Crippen LogP contribution >= 0.6 is 0 Å². The summed E-state index contributed by atoms with van der Waals surface area (Å²) in [7, 11) is 0. The third-order valence-corrected chi connectivity index (χ3v) is 3.44. The number of hydrogen-bond acceptors (Lipinski definition) is 1. The largest absolute Gasteiger partial charge is 0.379 e. The van der Waals surface area contributed by atoms with Gasteiger partial charge < -0.3 is 9.88 Å². The van der Waals surface area contributed by atoms with Gasteiger partial charge in [-0.3, -0.25) is 0 Å². The fourth-order valence-corrected chi connectivity index (χ4v) is 2.25. The van der Waals surface area contributed by atoms with Crippen LogP contribution in [0.15, 0.2) is 42.6 Å². The summed E-state index contributed by atoms with van der Waals surface area (Å²) < 4.78 is 2.31. The summed E-state index contributed by atoms with van der Waals surface area (Å²) in [6, 6.07) is 13.1. The van der Waals surface area contributed by atoms with Crippen molar-refractivity contribution in [3.05, 3.63) is 53.9 Å². The second-order valence-corrected chi connectivity index (χ2v) is 5.32. The van der Waals surface area contributed by atoms with Crippen LogP contribution in [0.25, 0.3) is 0 Å². The third-order valence-electron chi connectivity index (χ3n) is 3.44. The van der Waals surface area contributed by atoms with Crippen LogP contribution in [0.4, 0.5) is 5.69 Å². The van der Waals surface area contributed by atoms with E-state index in [4.69, 9.17) is 0 Å². The molecule has 0 aliphatic rings. The fraction of sp³-hybridized carbons (Fsp3) is 0.412. The van der Waals surface area contributed by atoms with Crippen LogP contribution in [-0.4, -0.2) is 4.57 Å². The lowest BCUT2D eigenvalue weighted by atomic mass is 10.0. The smallest absolute Gasteiger partial charge is 0.0553 e. The van der Waals surface area contributed by atoms with Gasteiger partial charge in [-0.05, 0) is 42.2 Å². The number of aryl methyl sites for hydroxylation is 1. The maximum Gasteiger partial charge on any atom is 0.0553 e. The van der Waals surface area contributed by atoms with E-state index in [-0.39, 0.29) is 0 Å². The molecule has 0 radical (unpaired) electrons. The SMILES string of the molecule is CCCn1cccc1CNc1ccc(C(C)C)cc1. The maximum atomic E-state index is 3.49. The first-order chi connectivity index (χ1) is 9.20. The van der Waals surface area contributed by atoms with E-state index in [1.54, 1.807) is 0 Å². The molecule has 0 aliphatic heterocycles. The summed E-state index contributed by atoms with van der Waals surface area (Å²) in [5, 5.41) is 3.49. The molecule has 2 nitrogen and oxygen atoms in total. The number of nitrogens with zero attached hydrogens (tertiary/aromatic N) is 1. The van der Waals surface area contributed by atoms with Crippen molar-refractivity contribution in [1.29, 1.82) is 0 Å². The topological polar surface area (TPSA) is 17.0 Å². The van der Waals surface area contributed by atoms with Crippen LogP contribution < -0.4 is 5.32 Å². The minimum absolute atomic E-state index is 0.593. The standard InChI is InChI=1S/C17H24N2/c1-4-11-19-12-5-6-17(19)13-18-16-9-7-15(8-10-16)14(2)3/h5-10,12,14,18H,4,11,13H2,1-3H3. The van der Waals surface area contributed by atoms with Gasteiger partial charge in [0.15, 0.2) is 0 Å². The Morgan fingerprint density at radius 1 is 1.11 bits per heavy atom. The molecule has 0 unspecified atom stereocenters. The fourth-order valence-electron chi connectivity index (χ4n) is 2.25. The molecule has 0 aliphatic carbocycles. The summed E-state index contributed by atoms with van der Waals surface area (Å²) in [5.74, 6) is 0.593. The summed E-state index contributed by atoms with van der Waals surface area (Å²) in [4.78, 5) is 0. The van der Waals surface area contributed by atoms with E-state index in [0.29, 0.717) is 5.92 Å². The number of aromatic nitrogens is 1. The molecule has 2 aromatic rings. The Kier molecular flexibility index (Phi) is 4.67. The van der Waals surface area contributed by atoms with Crippen molar-refractivity contribution in [2.45, 2.75) is 46.2 Å². The third kappa shape index (κ3) is 3.63. The molecule has 0 bridgehead atoms. The van der Waals surface area contributed by atoms with Crippen molar-refractivity contribution in [1.82, 2.24) is 4.57 Å². The normalized spacial score (nSPS) is 10.9. The molecule has 102 valence electrons. The van der Waals surface area contributed by atoms with Crippen molar-refractivity contribution in [3.8, 4) is 0 Å². The van der Waals surface area contributed by atoms with Crippen LogP contribution in [-0.2, 0) is 13.1 Å². The first kappa shape index (κ1) is 13.7. The molecule has 1 aromatic heterocycles. The molecule has 0 amide bonds.